The number of nitrogens with zero attached hydrogens (tertiary/aromatic N) is 1. The predicted octanol–water partition coefficient (Wildman–Crippen LogP) is 1.96. The van der Waals surface area contributed by atoms with Crippen molar-refractivity contribution in [2.45, 2.75) is 52.0 Å². The zero-order valence-corrected chi connectivity index (χ0v) is 11.7. The number of aliphatic carboxylic acids is 1. The van der Waals surface area contributed by atoms with Crippen molar-refractivity contribution >= 4 is 11.9 Å². The van der Waals surface area contributed by atoms with Gasteiger partial charge >= 0.3 is 5.97 Å². The van der Waals surface area contributed by atoms with Crippen LogP contribution in [-0.2, 0) is 10.2 Å². The van der Waals surface area contributed by atoms with Gasteiger partial charge in [0.05, 0.1) is 0 Å². The molecule has 0 spiro atoms. The smallest absolute Gasteiger partial charge is 0.303 e. The number of carboxylic acids is 1. The molecule has 6 heteroatoms. The predicted molar refractivity (Wildman–Crippen MR) is 69.0 cm³/mol. The number of hydrogen-bond donors (Lipinski definition) is 2. The first-order valence-electron chi connectivity index (χ1n) is 6.20. The summed E-state index contributed by atoms with van der Waals surface area (Å²) in [6, 6.07) is 1.39. The Bertz CT molecular complexity index is 459. The Morgan fingerprint density at radius 1 is 1.47 bits per heavy atom. The quantitative estimate of drug-likeness (QED) is 0.851. The van der Waals surface area contributed by atoms with Crippen molar-refractivity contribution in [2.24, 2.45) is 0 Å². The van der Waals surface area contributed by atoms with E-state index in [1.165, 1.54) is 0 Å². The SMILES string of the molecule is CC(CCC(=O)O)NC(=O)c1cc(C(C)(C)C)on1. The molecule has 0 aliphatic heterocycles. The number of nitrogens with one attached hydrogen (secondary N) is 1. The zero-order chi connectivity index (χ0) is 14.6. The van der Waals surface area contributed by atoms with E-state index in [1.54, 1.807) is 13.0 Å². The van der Waals surface area contributed by atoms with Gasteiger partial charge in [0.2, 0.25) is 0 Å². The molecule has 1 rings (SSSR count). The minimum Gasteiger partial charge on any atom is -0.481 e. The minimum absolute atomic E-state index is 0.0213. The molecule has 0 saturated heterocycles. The van der Waals surface area contributed by atoms with Crippen molar-refractivity contribution in [3.8, 4) is 0 Å². The second-order valence-corrected chi connectivity index (χ2v) is 5.63. The first-order valence-corrected chi connectivity index (χ1v) is 6.20. The second-order valence-electron chi connectivity index (χ2n) is 5.63. The summed E-state index contributed by atoms with van der Waals surface area (Å²) in [5.74, 6) is -0.592. The molecule has 0 aliphatic carbocycles. The average molecular weight is 268 g/mol. The summed E-state index contributed by atoms with van der Waals surface area (Å²) in [7, 11) is 0. The largest absolute Gasteiger partial charge is 0.481 e. The van der Waals surface area contributed by atoms with Crippen LogP contribution in [0.3, 0.4) is 0 Å². The molecule has 2 N–H and O–H groups in total. The molecule has 1 heterocycles. The summed E-state index contributed by atoms with van der Waals surface area (Å²) >= 11 is 0. The second kappa shape index (κ2) is 5.86. The van der Waals surface area contributed by atoms with Crippen LogP contribution in [-0.4, -0.2) is 28.2 Å². The highest BCUT2D eigenvalue weighted by atomic mass is 16.5. The molecule has 1 amide bonds. The van der Waals surface area contributed by atoms with E-state index in [2.05, 4.69) is 10.5 Å². The molecule has 6 nitrogen and oxygen atoms in total. The van der Waals surface area contributed by atoms with Crippen molar-refractivity contribution in [2.75, 3.05) is 0 Å². The Balaban J connectivity index is 2.58. The first kappa shape index (κ1) is 15.2. The number of hydrogen-bond acceptors (Lipinski definition) is 4. The lowest BCUT2D eigenvalue weighted by Crippen LogP contribution is -2.33. The number of aromatic nitrogens is 1. The summed E-state index contributed by atoms with van der Waals surface area (Å²) in [5, 5.41) is 15.0. The molecule has 19 heavy (non-hydrogen) atoms. The number of carboxylic acid groups (broad SMARTS) is 1. The zero-order valence-electron chi connectivity index (χ0n) is 11.7. The molecular formula is C13H20N2O4. The molecule has 0 fully saturated rings. The third-order valence-electron chi connectivity index (χ3n) is 2.65. The lowest BCUT2D eigenvalue weighted by atomic mass is 9.93. The third-order valence-corrected chi connectivity index (χ3v) is 2.65. The average Bonchev–Trinajstić information content (AvgIpc) is 2.75. The van der Waals surface area contributed by atoms with Crippen LogP contribution in [0.1, 0.15) is 56.8 Å². The van der Waals surface area contributed by atoms with Gasteiger partial charge in [-0.1, -0.05) is 25.9 Å². The molecule has 0 aliphatic rings. The highest BCUT2D eigenvalue weighted by Gasteiger charge is 2.22. The summed E-state index contributed by atoms with van der Waals surface area (Å²) in [5.41, 5.74) is 0.00702. The van der Waals surface area contributed by atoms with Crippen molar-refractivity contribution < 1.29 is 19.2 Å². The fourth-order valence-electron chi connectivity index (χ4n) is 1.45. The van der Waals surface area contributed by atoms with Gasteiger partial charge in [-0.3, -0.25) is 9.59 Å². The summed E-state index contributed by atoms with van der Waals surface area (Å²) in [6.07, 6.45) is 0.401. The fourth-order valence-corrected chi connectivity index (χ4v) is 1.45. The Morgan fingerprint density at radius 2 is 2.11 bits per heavy atom. The molecule has 0 bridgehead atoms. The highest BCUT2D eigenvalue weighted by molar-refractivity contribution is 5.92. The normalized spacial score (nSPS) is 13.1. The standard InChI is InChI=1S/C13H20N2O4/c1-8(5-6-11(16)17)14-12(18)9-7-10(19-15-9)13(2,3)4/h7-8H,5-6H2,1-4H3,(H,14,18)(H,16,17). The lowest BCUT2D eigenvalue weighted by molar-refractivity contribution is -0.137. The maximum atomic E-state index is 11.9. The van der Waals surface area contributed by atoms with Gasteiger partial charge < -0.3 is 14.9 Å². The number of rotatable bonds is 5. The van der Waals surface area contributed by atoms with Crippen LogP contribution in [0.2, 0.25) is 0 Å². The molecule has 106 valence electrons. The van der Waals surface area contributed by atoms with Crippen molar-refractivity contribution in [1.29, 1.82) is 0 Å². The van der Waals surface area contributed by atoms with Gasteiger partial charge in [-0.15, -0.1) is 0 Å². The maximum Gasteiger partial charge on any atom is 0.303 e. The third kappa shape index (κ3) is 4.73. The number of carbonyl (C=O) groups is 2. The van der Waals surface area contributed by atoms with Crippen LogP contribution in [0.25, 0.3) is 0 Å². The molecule has 1 atom stereocenters. The van der Waals surface area contributed by atoms with Crippen molar-refractivity contribution in [3.63, 3.8) is 0 Å². The van der Waals surface area contributed by atoms with Gasteiger partial charge in [0, 0.05) is 23.9 Å². The van der Waals surface area contributed by atoms with Crippen LogP contribution >= 0.6 is 0 Å². The van der Waals surface area contributed by atoms with E-state index in [0.717, 1.165) is 0 Å². The van der Waals surface area contributed by atoms with Crippen LogP contribution in [0.5, 0.6) is 0 Å². The van der Waals surface area contributed by atoms with E-state index >= 15 is 0 Å². The summed E-state index contributed by atoms with van der Waals surface area (Å²) < 4.78 is 5.13. The van der Waals surface area contributed by atoms with E-state index in [9.17, 15) is 9.59 Å². The molecule has 0 aromatic carbocycles. The molecule has 1 aromatic rings. The monoisotopic (exact) mass is 268 g/mol. The van der Waals surface area contributed by atoms with E-state index in [-0.39, 0.29) is 29.5 Å². The molecule has 1 unspecified atom stereocenters. The van der Waals surface area contributed by atoms with Gasteiger partial charge in [-0.05, 0) is 13.3 Å². The van der Waals surface area contributed by atoms with Crippen LogP contribution in [0, 0.1) is 0 Å². The van der Waals surface area contributed by atoms with Gasteiger partial charge in [-0.25, -0.2) is 0 Å². The number of carbonyl (C=O) groups excluding carboxylic acids is 1. The van der Waals surface area contributed by atoms with Crippen LogP contribution in [0.15, 0.2) is 10.6 Å². The molecule has 1 aromatic heterocycles. The maximum absolute atomic E-state index is 11.9. The first-order chi connectivity index (χ1) is 8.70. The molecular weight excluding hydrogens is 248 g/mol. The fraction of sp³-hybridized carbons (Fsp3) is 0.615. The van der Waals surface area contributed by atoms with E-state index in [1.807, 2.05) is 20.8 Å². The Kier molecular flexibility index (Phi) is 4.69. The van der Waals surface area contributed by atoms with Crippen LogP contribution in [0.4, 0.5) is 0 Å². The summed E-state index contributed by atoms with van der Waals surface area (Å²) in [4.78, 5) is 22.3. The highest BCUT2D eigenvalue weighted by Crippen LogP contribution is 2.22. The van der Waals surface area contributed by atoms with E-state index in [0.29, 0.717) is 12.2 Å². The molecule has 0 radical (unpaired) electrons. The van der Waals surface area contributed by atoms with Gasteiger partial charge in [0.1, 0.15) is 5.76 Å². The van der Waals surface area contributed by atoms with Crippen molar-refractivity contribution in [1.82, 2.24) is 10.5 Å². The lowest BCUT2D eigenvalue weighted by Gasteiger charge is -2.12. The molecule has 0 saturated carbocycles. The van der Waals surface area contributed by atoms with Gasteiger partial charge in [0.15, 0.2) is 5.69 Å². The topological polar surface area (TPSA) is 92.4 Å². The van der Waals surface area contributed by atoms with E-state index < -0.39 is 5.97 Å². The minimum atomic E-state index is -0.877. The summed E-state index contributed by atoms with van der Waals surface area (Å²) in [6.45, 7) is 7.64. The van der Waals surface area contributed by atoms with Crippen molar-refractivity contribution in [3.05, 3.63) is 17.5 Å². The number of amides is 1. The van der Waals surface area contributed by atoms with Gasteiger partial charge in [-0.2, -0.15) is 0 Å². The van der Waals surface area contributed by atoms with Gasteiger partial charge in [0.25, 0.3) is 5.91 Å². The Morgan fingerprint density at radius 3 is 2.58 bits per heavy atom. The van der Waals surface area contributed by atoms with Crippen LogP contribution < -0.4 is 5.32 Å². The Labute approximate surface area is 112 Å². The van der Waals surface area contributed by atoms with E-state index in [4.69, 9.17) is 9.63 Å². The Hall–Kier alpha value is -1.85.